The quantitative estimate of drug-likeness (QED) is 0.653. The summed E-state index contributed by atoms with van der Waals surface area (Å²) in [6.45, 7) is 3.59. The Morgan fingerprint density at radius 2 is 1.60 bits per heavy atom. The van der Waals surface area contributed by atoms with Crippen LogP contribution in [0, 0.1) is 6.92 Å². The number of aryl methyl sites for hydroxylation is 1. The van der Waals surface area contributed by atoms with Crippen LogP contribution in [0.2, 0.25) is 0 Å². The highest BCUT2D eigenvalue weighted by atomic mass is 16.5. The lowest BCUT2D eigenvalue weighted by Gasteiger charge is -2.11. The number of methoxy groups -OCH3 is 1. The van der Waals surface area contributed by atoms with Gasteiger partial charge >= 0.3 is 0 Å². The molecule has 3 heteroatoms. The van der Waals surface area contributed by atoms with Gasteiger partial charge in [-0.1, -0.05) is 48.0 Å². The summed E-state index contributed by atoms with van der Waals surface area (Å²) < 4.78 is 11.3. The van der Waals surface area contributed by atoms with E-state index in [0.29, 0.717) is 0 Å². The maximum atomic E-state index is 5.93. The number of benzene rings is 3. The zero-order valence-corrected chi connectivity index (χ0v) is 14.7. The van der Waals surface area contributed by atoms with E-state index in [4.69, 9.17) is 9.47 Å². The van der Waals surface area contributed by atoms with Crippen LogP contribution in [0.3, 0.4) is 0 Å². The first-order valence-electron chi connectivity index (χ1n) is 8.40. The van der Waals surface area contributed by atoms with Crippen molar-refractivity contribution in [3.63, 3.8) is 0 Å². The number of nitrogens with one attached hydrogen (secondary N) is 1. The minimum atomic E-state index is 0.757. The molecule has 0 amide bonds. The van der Waals surface area contributed by atoms with Gasteiger partial charge in [-0.2, -0.15) is 0 Å². The molecule has 0 aliphatic heterocycles. The summed E-state index contributed by atoms with van der Waals surface area (Å²) in [5.41, 5.74) is 3.55. The van der Waals surface area contributed by atoms with E-state index in [1.54, 1.807) is 7.11 Å². The molecule has 3 rings (SSSR count). The average molecular weight is 333 g/mol. The van der Waals surface area contributed by atoms with Crippen LogP contribution in [0.5, 0.6) is 17.2 Å². The van der Waals surface area contributed by atoms with Crippen molar-refractivity contribution in [2.45, 2.75) is 20.0 Å². The van der Waals surface area contributed by atoms with E-state index in [1.807, 2.05) is 54.6 Å². The summed E-state index contributed by atoms with van der Waals surface area (Å²) >= 11 is 0. The lowest BCUT2D eigenvalue weighted by molar-refractivity contribution is 0.407. The van der Waals surface area contributed by atoms with Crippen LogP contribution in [-0.2, 0) is 13.1 Å². The van der Waals surface area contributed by atoms with Gasteiger partial charge in [-0.3, -0.25) is 0 Å². The lowest BCUT2D eigenvalue weighted by Crippen LogP contribution is -2.13. The van der Waals surface area contributed by atoms with Crippen molar-refractivity contribution in [3.8, 4) is 17.2 Å². The molecule has 3 aromatic carbocycles. The van der Waals surface area contributed by atoms with Crippen molar-refractivity contribution in [2.75, 3.05) is 7.11 Å². The highest BCUT2D eigenvalue weighted by molar-refractivity contribution is 5.35. The summed E-state index contributed by atoms with van der Waals surface area (Å²) in [5, 5.41) is 3.46. The van der Waals surface area contributed by atoms with Crippen LogP contribution < -0.4 is 14.8 Å². The molecule has 0 saturated carbocycles. The average Bonchev–Trinajstić information content (AvgIpc) is 2.64. The molecule has 25 heavy (non-hydrogen) atoms. The van der Waals surface area contributed by atoms with Crippen LogP contribution in [0.25, 0.3) is 0 Å². The van der Waals surface area contributed by atoms with Crippen molar-refractivity contribution >= 4 is 0 Å². The second-order valence-electron chi connectivity index (χ2n) is 5.98. The summed E-state index contributed by atoms with van der Waals surface area (Å²) in [4.78, 5) is 0. The third kappa shape index (κ3) is 4.85. The van der Waals surface area contributed by atoms with E-state index in [-0.39, 0.29) is 0 Å². The van der Waals surface area contributed by atoms with Gasteiger partial charge in [0.15, 0.2) is 0 Å². The zero-order valence-electron chi connectivity index (χ0n) is 14.7. The third-order valence-corrected chi connectivity index (χ3v) is 3.99. The predicted octanol–water partition coefficient (Wildman–Crippen LogP) is 5.09. The van der Waals surface area contributed by atoms with E-state index in [2.05, 4.69) is 30.4 Å². The van der Waals surface area contributed by atoms with Gasteiger partial charge < -0.3 is 14.8 Å². The van der Waals surface area contributed by atoms with Crippen LogP contribution in [0.15, 0.2) is 72.8 Å². The van der Waals surface area contributed by atoms with Crippen molar-refractivity contribution in [1.29, 1.82) is 0 Å². The number of hydrogen-bond acceptors (Lipinski definition) is 3. The molecule has 0 spiro atoms. The fourth-order valence-corrected chi connectivity index (χ4v) is 2.65. The number of rotatable bonds is 7. The number of para-hydroxylation sites is 1. The summed E-state index contributed by atoms with van der Waals surface area (Å²) in [7, 11) is 1.70. The number of hydrogen-bond donors (Lipinski definition) is 1. The zero-order chi connectivity index (χ0) is 17.5. The Morgan fingerprint density at radius 1 is 0.800 bits per heavy atom. The van der Waals surface area contributed by atoms with Crippen molar-refractivity contribution in [1.82, 2.24) is 5.32 Å². The Hall–Kier alpha value is -2.78. The smallest absolute Gasteiger partial charge is 0.127 e. The standard InChI is InChI=1S/C22H23NO2/c1-17-10-12-20(13-11-17)25-21-8-5-6-18(14-21)15-23-16-19-7-3-4-9-22(19)24-2/h3-14,23H,15-16H2,1-2H3. The molecule has 0 aliphatic rings. The minimum absolute atomic E-state index is 0.757. The second-order valence-corrected chi connectivity index (χ2v) is 5.98. The monoisotopic (exact) mass is 333 g/mol. The first-order valence-corrected chi connectivity index (χ1v) is 8.40. The maximum Gasteiger partial charge on any atom is 0.127 e. The summed E-state index contributed by atoms with van der Waals surface area (Å²) in [6.07, 6.45) is 0. The van der Waals surface area contributed by atoms with E-state index in [0.717, 1.165) is 35.9 Å². The maximum absolute atomic E-state index is 5.93. The van der Waals surface area contributed by atoms with Crippen LogP contribution >= 0.6 is 0 Å². The van der Waals surface area contributed by atoms with Gasteiger partial charge in [0.25, 0.3) is 0 Å². The molecular weight excluding hydrogens is 310 g/mol. The molecule has 3 nitrogen and oxygen atoms in total. The second kappa shape index (κ2) is 8.36. The molecule has 0 unspecified atom stereocenters. The van der Waals surface area contributed by atoms with Gasteiger partial charge in [0.05, 0.1) is 7.11 Å². The highest BCUT2D eigenvalue weighted by Crippen LogP contribution is 2.23. The van der Waals surface area contributed by atoms with E-state index < -0.39 is 0 Å². The molecule has 0 fully saturated rings. The molecule has 0 aromatic heterocycles. The van der Waals surface area contributed by atoms with Crippen LogP contribution in [-0.4, -0.2) is 7.11 Å². The molecule has 0 atom stereocenters. The van der Waals surface area contributed by atoms with Gasteiger partial charge in [0, 0.05) is 18.7 Å². The van der Waals surface area contributed by atoms with Gasteiger partial charge in [0.1, 0.15) is 17.2 Å². The molecule has 0 radical (unpaired) electrons. The van der Waals surface area contributed by atoms with Crippen LogP contribution in [0.1, 0.15) is 16.7 Å². The Bertz CT molecular complexity index is 812. The van der Waals surface area contributed by atoms with Crippen molar-refractivity contribution in [3.05, 3.63) is 89.5 Å². The molecule has 0 heterocycles. The Kier molecular flexibility index (Phi) is 5.70. The van der Waals surface area contributed by atoms with Gasteiger partial charge in [-0.05, 0) is 42.8 Å². The molecule has 0 aliphatic carbocycles. The van der Waals surface area contributed by atoms with Crippen LogP contribution in [0.4, 0.5) is 0 Å². The molecule has 128 valence electrons. The normalized spacial score (nSPS) is 10.5. The van der Waals surface area contributed by atoms with Gasteiger partial charge in [-0.25, -0.2) is 0 Å². The Morgan fingerprint density at radius 3 is 2.40 bits per heavy atom. The molecule has 0 saturated heterocycles. The number of ether oxygens (including phenoxy) is 2. The molecule has 3 aromatic rings. The fourth-order valence-electron chi connectivity index (χ4n) is 2.65. The van der Waals surface area contributed by atoms with Crippen molar-refractivity contribution in [2.24, 2.45) is 0 Å². The lowest BCUT2D eigenvalue weighted by atomic mass is 10.2. The minimum Gasteiger partial charge on any atom is -0.496 e. The summed E-state index contributed by atoms with van der Waals surface area (Å²) in [5.74, 6) is 2.61. The van der Waals surface area contributed by atoms with E-state index in [9.17, 15) is 0 Å². The van der Waals surface area contributed by atoms with E-state index >= 15 is 0 Å². The highest BCUT2D eigenvalue weighted by Gasteiger charge is 2.02. The molecule has 1 N–H and O–H groups in total. The van der Waals surface area contributed by atoms with Gasteiger partial charge in [-0.15, -0.1) is 0 Å². The predicted molar refractivity (Wildman–Crippen MR) is 101 cm³/mol. The van der Waals surface area contributed by atoms with Gasteiger partial charge in [0.2, 0.25) is 0 Å². The fraction of sp³-hybridized carbons (Fsp3) is 0.182. The van der Waals surface area contributed by atoms with Crippen molar-refractivity contribution < 1.29 is 9.47 Å². The topological polar surface area (TPSA) is 30.5 Å². The first-order chi connectivity index (χ1) is 12.2. The largest absolute Gasteiger partial charge is 0.496 e. The van der Waals surface area contributed by atoms with E-state index in [1.165, 1.54) is 11.1 Å². The SMILES string of the molecule is COc1ccccc1CNCc1cccc(Oc2ccc(C)cc2)c1. The third-order valence-electron chi connectivity index (χ3n) is 3.99. The first kappa shape index (κ1) is 17.1. The molecule has 0 bridgehead atoms. The molecular formula is C22H23NO2. The Balaban J connectivity index is 1.59. The Labute approximate surface area is 149 Å². The summed E-state index contributed by atoms with van der Waals surface area (Å²) in [6, 6.07) is 24.3.